The van der Waals surface area contributed by atoms with E-state index in [1.54, 1.807) is 0 Å². The smallest absolute Gasteiger partial charge is 0.258 e. The third-order valence-electron chi connectivity index (χ3n) is 1.71. The highest BCUT2D eigenvalue weighted by molar-refractivity contribution is 6.52. The molecule has 0 aliphatic heterocycles. The van der Waals surface area contributed by atoms with Gasteiger partial charge in [0.1, 0.15) is 5.02 Å². The van der Waals surface area contributed by atoms with Crippen LogP contribution in [0.25, 0.3) is 0 Å². The molecule has 1 aromatic rings. The first-order chi connectivity index (χ1) is 7.59. The molecule has 0 unspecified atom stereocenters. The van der Waals surface area contributed by atoms with Gasteiger partial charge >= 0.3 is 11.9 Å². The fraction of sp³-hybridized carbons (Fsp3) is 0.143. The second-order valence-corrected chi connectivity index (χ2v) is 4.25. The molecule has 0 saturated carbocycles. The van der Waals surface area contributed by atoms with Gasteiger partial charge in [0.15, 0.2) is 5.56 Å². The van der Waals surface area contributed by atoms with E-state index in [1.807, 2.05) is 0 Å². The first-order valence-corrected chi connectivity index (χ1v) is 5.17. The molecule has 1 aromatic carbocycles. The maximum atomic E-state index is 12.6. The van der Waals surface area contributed by atoms with Crippen LogP contribution in [0.3, 0.4) is 0 Å². The monoisotopic (exact) mass is 327 g/mol. The highest BCUT2D eigenvalue weighted by atomic mass is 35.5. The Bertz CT molecular complexity index is 503. The molecular formula is C7Cl4F3NO2. The van der Waals surface area contributed by atoms with Crippen molar-refractivity contribution < 1.29 is 18.1 Å². The van der Waals surface area contributed by atoms with Crippen molar-refractivity contribution in [3.63, 3.8) is 0 Å². The molecule has 0 radical (unpaired) electrons. The van der Waals surface area contributed by atoms with Crippen LogP contribution < -0.4 is 0 Å². The molecule has 0 aliphatic carbocycles. The average molecular weight is 329 g/mol. The van der Waals surface area contributed by atoms with E-state index in [-0.39, 0.29) is 0 Å². The molecule has 3 nitrogen and oxygen atoms in total. The van der Waals surface area contributed by atoms with E-state index in [9.17, 15) is 23.3 Å². The number of rotatable bonds is 1. The molecule has 0 bridgehead atoms. The van der Waals surface area contributed by atoms with Gasteiger partial charge < -0.3 is 0 Å². The van der Waals surface area contributed by atoms with Crippen LogP contribution in [0.1, 0.15) is 5.56 Å². The largest absolute Gasteiger partial charge is 0.424 e. The van der Waals surface area contributed by atoms with Gasteiger partial charge in [-0.25, -0.2) is 0 Å². The van der Waals surface area contributed by atoms with Gasteiger partial charge in [0, 0.05) is 0 Å². The van der Waals surface area contributed by atoms with Gasteiger partial charge in [-0.1, -0.05) is 46.4 Å². The minimum atomic E-state index is -5.07. The molecule has 0 fully saturated rings. The Morgan fingerprint density at radius 3 is 1.71 bits per heavy atom. The summed E-state index contributed by atoms with van der Waals surface area (Å²) < 4.78 is 37.8. The molecule has 10 heteroatoms. The van der Waals surface area contributed by atoms with Gasteiger partial charge in [0.2, 0.25) is 0 Å². The van der Waals surface area contributed by atoms with Crippen molar-refractivity contribution in [1.82, 2.24) is 0 Å². The van der Waals surface area contributed by atoms with Crippen molar-refractivity contribution in [2.45, 2.75) is 6.18 Å². The number of nitro groups is 1. The summed E-state index contributed by atoms with van der Waals surface area (Å²) in [5.74, 6) is 0. The zero-order chi connectivity index (χ0) is 13.5. The summed E-state index contributed by atoms with van der Waals surface area (Å²) in [6.07, 6.45) is -5.07. The number of halogens is 7. The summed E-state index contributed by atoms with van der Waals surface area (Å²) in [6, 6.07) is 0. The molecule has 1 rings (SSSR count). The normalized spacial score (nSPS) is 11.7. The van der Waals surface area contributed by atoms with Gasteiger partial charge in [0.05, 0.1) is 20.0 Å². The van der Waals surface area contributed by atoms with Crippen LogP contribution in [0, 0.1) is 10.1 Å². The number of hydrogen-bond donors (Lipinski definition) is 0. The quantitative estimate of drug-likeness (QED) is 0.307. The molecule has 0 N–H and O–H groups in total. The number of nitrogens with zero attached hydrogens (tertiary/aromatic N) is 1. The molecular weight excluding hydrogens is 329 g/mol. The van der Waals surface area contributed by atoms with E-state index in [2.05, 4.69) is 0 Å². The first-order valence-electron chi connectivity index (χ1n) is 3.66. The van der Waals surface area contributed by atoms with Crippen LogP contribution in [-0.4, -0.2) is 4.92 Å². The molecule has 0 heterocycles. The minimum Gasteiger partial charge on any atom is -0.258 e. The summed E-state index contributed by atoms with van der Waals surface area (Å²) in [7, 11) is 0. The summed E-state index contributed by atoms with van der Waals surface area (Å²) in [5.41, 5.74) is -3.14. The SMILES string of the molecule is O=[N+]([O-])c1c(Cl)c(Cl)c(Cl)c(Cl)c1C(F)(F)F. The summed E-state index contributed by atoms with van der Waals surface area (Å²) in [6.45, 7) is 0. The van der Waals surface area contributed by atoms with E-state index in [1.165, 1.54) is 0 Å². The summed E-state index contributed by atoms with van der Waals surface area (Å²) in [4.78, 5) is 9.25. The van der Waals surface area contributed by atoms with Crippen LogP contribution in [0.5, 0.6) is 0 Å². The van der Waals surface area contributed by atoms with Gasteiger partial charge in [-0.3, -0.25) is 10.1 Å². The fourth-order valence-corrected chi connectivity index (χ4v) is 2.07. The van der Waals surface area contributed by atoms with Crippen LogP contribution in [0.2, 0.25) is 20.1 Å². The standard InChI is InChI=1S/C7Cl4F3NO2/c8-2-1(7(12,13)14)6(15(16)17)5(11)4(10)3(2)9. The highest BCUT2D eigenvalue weighted by Crippen LogP contribution is 2.50. The van der Waals surface area contributed by atoms with Crippen molar-refractivity contribution in [1.29, 1.82) is 0 Å². The molecule has 94 valence electrons. The van der Waals surface area contributed by atoms with Crippen LogP contribution in [-0.2, 0) is 6.18 Å². The molecule has 0 atom stereocenters. The Hall–Kier alpha value is -0.430. The molecule has 0 aliphatic rings. The lowest BCUT2D eigenvalue weighted by molar-refractivity contribution is -0.387. The first kappa shape index (κ1) is 14.6. The zero-order valence-electron chi connectivity index (χ0n) is 7.41. The van der Waals surface area contributed by atoms with Gasteiger partial charge in [-0.15, -0.1) is 0 Å². The number of hydrogen-bond acceptors (Lipinski definition) is 2. The lowest BCUT2D eigenvalue weighted by Crippen LogP contribution is -2.11. The van der Waals surface area contributed by atoms with E-state index >= 15 is 0 Å². The van der Waals surface area contributed by atoms with Crippen molar-refractivity contribution in [2.75, 3.05) is 0 Å². The molecule has 0 amide bonds. The van der Waals surface area contributed by atoms with Crippen LogP contribution >= 0.6 is 46.4 Å². The van der Waals surface area contributed by atoms with Crippen LogP contribution in [0.4, 0.5) is 18.9 Å². The zero-order valence-corrected chi connectivity index (χ0v) is 10.4. The summed E-state index contributed by atoms with van der Waals surface area (Å²) in [5, 5.41) is 7.32. The van der Waals surface area contributed by atoms with Gasteiger partial charge in [-0.2, -0.15) is 13.2 Å². The van der Waals surface area contributed by atoms with E-state index in [0.717, 1.165) is 0 Å². The van der Waals surface area contributed by atoms with Gasteiger partial charge in [-0.05, 0) is 0 Å². The highest BCUT2D eigenvalue weighted by Gasteiger charge is 2.44. The van der Waals surface area contributed by atoms with Crippen molar-refractivity contribution >= 4 is 52.1 Å². The Morgan fingerprint density at radius 2 is 1.35 bits per heavy atom. The Morgan fingerprint density at radius 1 is 0.941 bits per heavy atom. The van der Waals surface area contributed by atoms with Crippen molar-refractivity contribution in [3.8, 4) is 0 Å². The van der Waals surface area contributed by atoms with Crippen LogP contribution in [0.15, 0.2) is 0 Å². The number of nitro benzene ring substituents is 1. The Kier molecular flexibility index (Phi) is 4.03. The topological polar surface area (TPSA) is 43.1 Å². The third-order valence-corrected chi connectivity index (χ3v) is 3.50. The van der Waals surface area contributed by atoms with E-state index in [0.29, 0.717) is 0 Å². The summed E-state index contributed by atoms with van der Waals surface area (Å²) >= 11 is 21.5. The Balaban J connectivity index is 3.86. The molecule has 0 aromatic heterocycles. The predicted molar refractivity (Wildman–Crippen MR) is 58.1 cm³/mol. The molecule has 0 saturated heterocycles. The predicted octanol–water partition coefficient (Wildman–Crippen LogP) is 5.23. The van der Waals surface area contributed by atoms with Gasteiger partial charge in [0.25, 0.3) is 0 Å². The van der Waals surface area contributed by atoms with E-state index in [4.69, 9.17) is 46.4 Å². The maximum absolute atomic E-state index is 12.6. The van der Waals surface area contributed by atoms with E-state index < -0.39 is 42.4 Å². The third kappa shape index (κ3) is 2.54. The lowest BCUT2D eigenvalue weighted by Gasteiger charge is -2.12. The maximum Gasteiger partial charge on any atom is 0.424 e. The Labute approximate surface area is 112 Å². The fourth-order valence-electron chi connectivity index (χ4n) is 1.05. The number of alkyl halides is 3. The molecule has 0 spiro atoms. The number of benzene rings is 1. The second-order valence-electron chi connectivity index (χ2n) is 2.73. The second kappa shape index (κ2) is 4.68. The van der Waals surface area contributed by atoms with Crippen molar-refractivity contribution in [3.05, 3.63) is 35.8 Å². The molecule has 17 heavy (non-hydrogen) atoms. The minimum absolute atomic E-state index is 0.599. The lowest BCUT2D eigenvalue weighted by atomic mass is 10.1. The average Bonchev–Trinajstić information content (AvgIpc) is 2.17. The van der Waals surface area contributed by atoms with Crippen molar-refractivity contribution in [2.24, 2.45) is 0 Å².